The van der Waals surface area contributed by atoms with Gasteiger partial charge in [0.2, 0.25) is 0 Å². The van der Waals surface area contributed by atoms with Crippen LogP contribution < -0.4 is 4.90 Å². The van der Waals surface area contributed by atoms with E-state index in [9.17, 15) is 4.79 Å². The Morgan fingerprint density at radius 1 is 1.21 bits per heavy atom. The van der Waals surface area contributed by atoms with Crippen LogP contribution in [0.2, 0.25) is 5.02 Å². The minimum atomic E-state index is 0.0164. The standard InChI is InChI=1S/C20H21ClN2O/c1-13-7-8-18-15(11-13)16-12-22(2)10-9-19(16)23(18)20(24)14-5-3-4-6-17(14)21/h3-8,11,16,19H,9-10,12H2,1-2H3/t16-,19-/m1/s1. The van der Waals surface area contributed by atoms with Crippen molar-refractivity contribution in [2.45, 2.75) is 25.3 Å². The first-order valence-corrected chi connectivity index (χ1v) is 8.81. The van der Waals surface area contributed by atoms with Crippen molar-refractivity contribution in [1.29, 1.82) is 0 Å². The molecule has 0 aromatic heterocycles. The van der Waals surface area contributed by atoms with Crippen LogP contribution in [0.15, 0.2) is 42.5 Å². The molecule has 124 valence electrons. The van der Waals surface area contributed by atoms with Crippen LogP contribution in [0.5, 0.6) is 0 Å². The van der Waals surface area contributed by atoms with Crippen molar-refractivity contribution < 1.29 is 4.79 Å². The molecule has 2 aromatic carbocycles. The van der Waals surface area contributed by atoms with Crippen molar-refractivity contribution in [3.05, 3.63) is 64.2 Å². The lowest BCUT2D eigenvalue weighted by Gasteiger charge is -2.36. The number of aryl methyl sites for hydroxylation is 1. The number of likely N-dealkylation sites (tertiary alicyclic amines) is 1. The number of likely N-dealkylation sites (N-methyl/N-ethyl adjacent to an activating group) is 1. The average molecular weight is 341 g/mol. The first-order chi connectivity index (χ1) is 11.6. The average Bonchev–Trinajstić information content (AvgIpc) is 2.88. The Kier molecular flexibility index (Phi) is 3.86. The summed E-state index contributed by atoms with van der Waals surface area (Å²) in [6.07, 6.45) is 0.991. The maximum absolute atomic E-state index is 13.3. The molecule has 1 fully saturated rings. The highest BCUT2D eigenvalue weighted by Gasteiger charge is 2.44. The van der Waals surface area contributed by atoms with E-state index in [4.69, 9.17) is 11.6 Å². The second kappa shape index (κ2) is 5.91. The van der Waals surface area contributed by atoms with Gasteiger partial charge in [-0.15, -0.1) is 0 Å². The second-order valence-electron chi connectivity index (χ2n) is 6.94. The van der Waals surface area contributed by atoms with E-state index in [-0.39, 0.29) is 11.9 Å². The highest BCUT2D eigenvalue weighted by molar-refractivity contribution is 6.34. The number of hydrogen-bond acceptors (Lipinski definition) is 2. The molecular formula is C20H21ClN2O. The fourth-order valence-corrected chi connectivity index (χ4v) is 4.33. The lowest BCUT2D eigenvalue weighted by molar-refractivity contribution is 0.0965. The number of fused-ring (bicyclic) bond motifs is 3. The Hall–Kier alpha value is -1.84. The SMILES string of the molecule is Cc1ccc2c(c1)[C@H]1CN(C)CC[C@H]1N2C(=O)c1ccccc1Cl. The Labute approximate surface area is 147 Å². The smallest absolute Gasteiger partial charge is 0.260 e. The van der Waals surface area contributed by atoms with E-state index >= 15 is 0 Å². The van der Waals surface area contributed by atoms with E-state index in [1.54, 1.807) is 6.07 Å². The number of rotatable bonds is 1. The molecule has 0 N–H and O–H groups in total. The van der Waals surface area contributed by atoms with Gasteiger partial charge in [-0.25, -0.2) is 0 Å². The van der Waals surface area contributed by atoms with Gasteiger partial charge in [-0.2, -0.15) is 0 Å². The van der Waals surface area contributed by atoms with E-state index in [0.29, 0.717) is 16.5 Å². The normalized spacial score (nSPS) is 23.0. The van der Waals surface area contributed by atoms with Gasteiger partial charge in [0, 0.05) is 24.2 Å². The summed E-state index contributed by atoms with van der Waals surface area (Å²) >= 11 is 6.29. The quantitative estimate of drug-likeness (QED) is 0.780. The first kappa shape index (κ1) is 15.7. The molecule has 4 rings (SSSR count). The first-order valence-electron chi connectivity index (χ1n) is 8.43. The number of carbonyl (C=O) groups excluding carboxylic acids is 1. The molecule has 2 aromatic rings. The highest BCUT2D eigenvalue weighted by atomic mass is 35.5. The van der Waals surface area contributed by atoms with E-state index in [1.165, 1.54) is 11.1 Å². The minimum Gasteiger partial charge on any atom is -0.306 e. The molecule has 2 aliphatic heterocycles. The number of nitrogens with zero attached hydrogens (tertiary/aromatic N) is 2. The van der Waals surface area contributed by atoms with Crippen LogP contribution >= 0.6 is 11.6 Å². The van der Waals surface area contributed by atoms with Crippen molar-refractivity contribution in [3.63, 3.8) is 0 Å². The lowest BCUT2D eigenvalue weighted by atomic mass is 9.88. The summed E-state index contributed by atoms with van der Waals surface area (Å²) in [5.74, 6) is 0.396. The number of hydrogen-bond donors (Lipinski definition) is 0. The summed E-state index contributed by atoms with van der Waals surface area (Å²) in [6, 6.07) is 14.0. The van der Waals surface area contributed by atoms with Crippen LogP contribution in [-0.2, 0) is 0 Å². The van der Waals surface area contributed by atoms with Crippen LogP contribution in [0.1, 0.15) is 33.8 Å². The fraction of sp³-hybridized carbons (Fsp3) is 0.350. The minimum absolute atomic E-state index is 0.0164. The molecule has 0 bridgehead atoms. The second-order valence-corrected chi connectivity index (χ2v) is 7.35. The van der Waals surface area contributed by atoms with E-state index < -0.39 is 0 Å². The Bertz CT molecular complexity index is 804. The van der Waals surface area contributed by atoms with E-state index in [1.807, 2.05) is 23.1 Å². The third-order valence-corrected chi connectivity index (χ3v) is 5.61. The molecule has 0 unspecified atom stereocenters. The molecule has 3 nitrogen and oxygen atoms in total. The van der Waals surface area contributed by atoms with Crippen LogP contribution in [0.25, 0.3) is 0 Å². The van der Waals surface area contributed by atoms with Crippen LogP contribution in [0.4, 0.5) is 5.69 Å². The van der Waals surface area contributed by atoms with E-state index in [0.717, 1.165) is 25.2 Å². The Morgan fingerprint density at radius 3 is 2.79 bits per heavy atom. The van der Waals surface area contributed by atoms with Crippen molar-refractivity contribution in [2.24, 2.45) is 0 Å². The Balaban J connectivity index is 1.81. The molecule has 0 aliphatic carbocycles. The van der Waals surface area contributed by atoms with Crippen LogP contribution in [0.3, 0.4) is 0 Å². The predicted octanol–water partition coefficient (Wildman–Crippen LogP) is 4.10. The summed E-state index contributed by atoms with van der Waals surface area (Å²) in [5, 5.41) is 0.521. The number of halogens is 1. The van der Waals surface area contributed by atoms with Gasteiger partial charge in [0.25, 0.3) is 5.91 Å². The summed E-state index contributed by atoms with van der Waals surface area (Å²) in [6.45, 7) is 4.12. The fourth-order valence-electron chi connectivity index (χ4n) is 4.11. The van der Waals surface area contributed by atoms with E-state index in [2.05, 4.69) is 37.1 Å². The van der Waals surface area contributed by atoms with Gasteiger partial charge >= 0.3 is 0 Å². The maximum atomic E-state index is 13.3. The molecule has 1 amide bonds. The van der Waals surface area contributed by atoms with Gasteiger partial charge < -0.3 is 9.80 Å². The molecule has 2 atom stereocenters. The van der Waals surface area contributed by atoms with Gasteiger partial charge in [-0.05, 0) is 50.7 Å². The molecule has 24 heavy (non-hydrogen) atoms. The predicted molar refractivity (Wildman–Crippen MR) is 98.1 cm³/mol. The monoisotopic (exact) mass is 340 g/mol. The zero-order chi connectivity index (χ0) is 16.8. The third kappa shape index (κ3) is 2.43. The molecule has 2 heterocycles. The summed E-state index contributed by atoms with van der Waals surface area (Å²) in [5.41, 5.74) is 4.18. The van der Waals surface area contributed by atoms with Gasteiger partial charge in [-0.1, -0.05) is 41.4 Å². The van der Waals surface area contributed by atoms with Crippen LogP contribution in [0, 0.1) is 6.92 Å². The number of anilines is 1. The molecular weight excluding hydrogens is 320 g/mol. The summed E-state index contributed by atoms with van der Waals surface area (Å²) in [7, 11) is 2.16. The molecule has 1 saturated heterocycles. The summed E-state index contributed by atoms with van der Waals surface area (Å²) < 4.78 is 0. The molecule has 0 spiro atoms. The molecule has 2 aliphatic rings. The topological polar surface area (TPSA) is 23.6 Å². The largest absolute Gasteiger partial charge is 0.306 e. The summed E-state index contributed by atoms with van der Waals surface area (Å²) in [4.78, 5) is 17.6. The highest BCUT2D eigenvalue weighted by Crippen LogP contribution is 2.45. The van der Waals surface area contributed by atoms with Crippen molar-refractivity contribution in [2.75, 3.05) is 25.0 Å². The van der Waals surface area contributed by atoms with Gasteiger partial charge in [0.1, 0.15) is 0 Å². The Morgan fingerprint density at radius 2 is 2.00 bits per heavy atom. The molecule has 0 radical (unpaired) electrons. The number of amides is 1. The third-order valence-electron chi connectivity index (χ3n) is 5.28. The zero-order valence-corrected chi connectivity index (χ0v) is 14.8. The van der Waals surface area contributed by atoms with Gasteiger partial charge in [0.05, 0.1) is 10.6 Å². The van der Waals surface area contributed by atoms with Gasteiger partial charge in [0.15, 0.2) is 0 Å². The lowest BCUT2D eigenvalue weighted by Crippen LogP contribution is -2.47. The van der Waals surface area contributed by atoms with Crippen molar-refractivity contribution in [3.8, 4) is 0 Å². The zero-order valence-electron chi connectivity index (χ0n) is 14.0. The van der Waals surface area contributed by atoms with Gasteiger partial charge in [-0.3, -0.25) is 4.79 Å². The molecule has 4 heteroatoms. The van der Waals surface area contributed by atoms with Crippen molar-refractivity contribution in [1.82, 2.24) is 4.90 Å². The number of piperidine rings is 1. The van der Waals surface area contributed by atoms with Crippen LogP contribution in [-0.4, -0.2) is 37.0 Å². The number of carbonyl (C=O) groups is 1. The van der Waals surface area contributed by atoms with Crippen molar-refractivity contribution >= 4 is 23.2 Å². The number of benzene rings is 2. The molecule has 0 saturated carbocycles. The maximum Gasteiger partial charge on any atom is 0.260 e.